The van der Waals surface area contributed by atoms with Crippen LogP contribution in [0.25, 0.3) is 0 Å². The molecule has 0 radical (unpaired) electrons. The maximum atomic E-state index is 12.3. The summed E-state index contributed by atoms with van der Waals surface area (Å²) in [6.07, 6.45) is -0.0404. The van der Waals surface area contributed by atoms with E-state index in [0.717, 1.165) is 11.3 Å². The second kappa shape index (κ2) is 4.90. The molecule has 0 spiro atoms. The molecule has 1 aromatic rings. The maximum absolute atomic E-state index is 12.3. The summed E-state index contributed by atoms with van der Waals surface area (Å²) in [5.74, 6) is -0.174. The van der Waals surface area contributed by atoms with Gasteiger partial charge in [-0.05, 0) is 20.8 Å². The minimum Gasteiger partial charge on any atom is -0.369 e. The van der Waals surface area contributed by atoms with E-state index in [4.69, 9.17) is 4.74 Å². The number of carbonyl (C=O) groups excluding carboxylic acids is 1. The van der Waals surface area contributed by atoms with E-state index in [1.807, 2.05) is 20.8 Å². The average Bonchev–Trinajstić information content (AvgIpc) is 2.74. The molecule has 0 N–H and O–H groups in total. The third-order valence-electron chi connectivity index (χ3n) is 2.87. The van der Waals surface area contributed by atoms with Crippen LogP contribution in [-0.2, 0) is 4.74 Å². The van der Waals surface area contributed by atoms with Crippen molar-refractivity contribution in [1.29, 1.82) is 0 Å². The van der Waals surface area contributed by atoms with E-state index >= 15 is 0 Å². The Hall–Kier alpha value is -1.47. The van der Waals surface area contributed by atoms with E-state index < -0.39 is 10.5 Å². The van der Waals surface area contributed by atoms with Gasteiger partial charge in [0.05, 0.1) is 22.2 Å². The Labute approximate surface area is 115 Å². The Kier molecular flexibility index (Phi) is 3.60. The normalized spacial score (nSPS) is 22.3. The summed E-state index contributed by atoms with van der Waals surface area (Å²) in [6, 6.07) is 1.33. The number of hydrogen-bond donors (Lipinski definition) is 0. The minimum atomic E-state index is -0.479. The fourth-order valence-electron chi connectivity index (χ4n) is 2.32. The van der Waals surface area contributed by atoms with Crippen molar-refractivity contribution in [2.45, 2.75) is 32.5 Å². The molecule has 0 bridgehead atoms. The predicted octanol–water partition coefficient (Wildman–Crippen LogP) is 2.30. The SMILES string of the molecule is CC1CN(C(=O)c2csc([N+](=O)[O-])c2)CC(C)(C)O1. The second-order valence-corrected chi connectivity index (χ2v) is 6.19. The van der Waals surface area contributed by atoms with Crippen molar-refractivity contribution in [1.82, 2.24) is 4.90 Å². The van der Waals surface area contributed by atoms with Gasteiger partial charge in [0.1, 0.15) is 0 Å². The third-order valence-corrected chi connectivity index (χ3v) is 3.75. The molecule has 6 nitrogen and oxygen atoms in total. The first-order valence-corrected chi connectivity index (χ1v) is 6.86. The molecule has 104 valence electrons. The van der Waals surface area contributed by atoms with E-state index in [1.165, 1.54) is 11.4 Å². The Morgan fingerprint density at radius 2 is 2.32 bits per heavy atom. The quantitative estimate of drug-likeness (QED) is 0.617. The molecule has 2 rings (SSSR count). The van der Waals surface area contributed by atoms with Gasteiger partial charge in [-0.1, -0.05) is 11.3 Å². The number of morpholine rings is 1. The number of hydrogen-bond acceptors (Lipinski definition) is 5. The van der Waals surface area contributed by atoms with Crippen LogP contribution in [0.1, 0.15) is 31.1 Å². The largest absolute Gasteiger partial charge is 0.369 e. The van der Waals surface area contributed by atoms with E-state index in [-0.39, 0.29) is 17.0 Å². The molecule has 0 saturated carbocycles. The zero-order chi connectivity index (χ0) is 14.2. The number of thiophene rings is 1. The monoisotopic (exact) mass is 284 g/mol. The summed E-state index contributed by atoms with van der Waals surface area (Å²) in [5, 5.41) is 12.2. The highest BCUT2D eigenvalue weighted by Gasteiger charge is 2.34. The van der Waals surface area contributed by atoms with E-state index in [0.29, 0.717) is 18.7 Å². The first kappa shape index (κ1) is 14.0. The minimum absolute atomic E-state index is 0.0103. The highest BCUT2D eigenvalue weighted by atomic mass is 32.1. The van der Waals surface area contributed by atoms with Crippen LogP contribution < -0.4 is 0 Å². The molecule has 2 heterocycles. The molecule has 0 aliphatic carbocycles. The molecule has 1 unspecified atom stereocenters. The molecule has 1 amide bonds. The molecule has 19 heavy (non-hydrogen) atoms. The molecular formula is C12H16N2O4S. The molecular weight excluding hydrogens is 268 g/mol. The summed E-state index contributed by atoms with van der Waals surface area (Å²) >= 11 is 0.973. The number of rotatable bonds is 2. The van der Waals surface area contributed by atoms with Gasteiger partial charge in [0, 0.05) is 24.5 Å². The molecule has 1 saturated heterocycles. The zero-order valence-electron chi connectivity index (χ0n) is 11.1. The number of carbonyl (C=O) groups is 1. The van der Waals surface area contributed by atoms with Crippen molar-refractivity contribution < 1.29 is 14.5 Å². The molecule has 1 atom stereocenters. The van der Waals surface area contributed by atoms with Crippen LogP contribution in [0.4, 0.5) is 5.00 Å². The van der Waals surface area contributed by atoms with Crippen LogP contribution in [0, 0.1) is 10.1 Å². The Morgan fingerprint density at radius 1 is 1.63 bits per heavy atom. The second-order valence-electron chi connectivity index (χ2n) is 5.30. The van der Waals surface area contributed by atoms with Crippen LogP contribution in [0.3, 0.4) is 0 Å². The van der Waals surface area contributed by atoms with Crippen LogP contribution in [0.2, 0.25) is 0 Å². The molecule has 7 heteroatoms. The maximum Gasteiger partial charge on any atom is 0.324 e. The highest BCUT2D eigenvalue weighted by molar-refractivity contribution is 7.13. The van der Waals surface area contributed by atoms with Gasteiger partial charge in [-0.2, -0.15) is 0 Å². The fourth-order valence-corrected chi connectivity index (χ4v) is 3.02. The standard InChI is InChI=1S/C12H16N2O4S/c1-8-5-13(7-12(2,3)18-8)11(15)9-4-10(14(16)17)19-6-9/h4,6,8H,5,7H2,1-3H3. The lowest BCUT2D eigenvalue weighted by molar-refractivity contribution is -0.380. The Balaban J connectivity index is 2.16. The summed E-state index contributed by atoms with van der Waals surface area (Å²) in [6.45, 7) is 6.76. The van der Waals surface area contributed by atoms with Gasteiger partial charge in [0.25, 0.3) is 5.91 Å². The summed E-state index contributed by atoms with van der Waals surface area (Å²) in [5.41, 5.74) is -0.0171. The molecule has 1 fully saturated rings. The van der Waals surface area contributed by atoms with Gasteiger partial charge < -0.3 is 9.64 Å². The van der Waals surface area contributed by atoms with Crippen LogP contribution in [0.5, 0.6) is 0 Å². The van der Waals surface area contributed by atoms with Gasteiger partial charge in [-0.25, -0.2) is 0 Å². The molecule has 1 aromatic heterocycles. The Bertz CT molecular complexity index is 512. The molecule has 0 aromatic carbocycles. The lowest BCUT2D eigenvalue weighted by Crippen LogP contribution is -2.53. The van der Waals surface area contributed by atoms with Gasteiger partial charge in [-0.15, -0.1) is 0 Å². The van der Waals surface area contributed by atoms with Crippen molar-refractivity contribution in [3.63, 3.8) is 0 Å². The summed E-state index contributed by atoms with van der Waals surface area (Å²) in [7, 11) is 0. The fraction of sp³-hybridized carbons (Fsp3) is 0.583. The van der Waals surface area contributed by atoms with E-state index in [1.54, 1.807) is 4.90 Å². The van der Waals surface area contributed by atoms with Gasteiger partial charge in [0.15, 0.2) is 0 Å². The van der Waals surface area contributed by atoms with Crippen molar-refractivity contribution in [3.05, 3.63) is 27.1 Å². The van der Waals surface area contributed by atoms with Crippen LogP contribution >= 0.6 is 11.3 Å². The van der Waals surface area contributed by atoms with Crippen molar-refractivity contribution >= 4 is 22.2 Å². The van der Waals surface area contributed by atoms with Gasteiger partial charge in [0.2, 0.25) is 0 Å². The Morgan fingerprint density at radius 3 is 2.84 bits per heavy atom. The summed E-state index contributed by atoms with van der Waals surface area (Å²) < 4.78 is 5.73. The molecule has 1 aliphatic rings. The van der Waals surface area contributed by atoms with Crippen molar-refractivity contribution in [3.8, 4) is 0 Å². The first-order chi connectivity index (χ1) is 8.78. The predicted molar refractivity (Wildman–Crippen MR) is 71.5 cm³/mol. The number of amides is 1. The number of ether oxygens (including phenoxy) is 1. The molecule has 1 aliphatic heterocycles. The van der Waals surface area contributed by atoms with Crippen molar-refractivity contribution in [2.24, 2.45) is 0 Å². The zero-order valence-corrected chi connectivity index (χ0v) is 11.9. The van der Waals surface area contributed by atoms with Crippen molar-refractivity contribution in [2.75, 3.05) is 13.1 Å². The van der Waals surface area contributed by atoms with Gasteiger partial charge >= 0.3 is 5.00 Å². The lowest BCUT2D eigenvalue weighted by atomic mass is 10.0. The smallest absolute Gasteiger partial charge is 0.324 e. The van der Waals surface area contributed by atoms with Crippen LogP contribution in [-0.4, -0.2) is 40.5 Å². The van der Waals surface area contributed by atoms with E-state index in [9.17, 15) is 14.9 Å². The number of nitrogens with zero attached hydrogens (tertiary/aromatic N) is 2. The van der Waals surface area contributed by atoms with Gasteiger partial charge in [-0.3, -0.25) is 14.9 Å². The average molecular weight is 284 g/mol. The summed E-state index contributed by atoms with van der Waals surface area (Å²) in [4.78, 5) is 24.2. The first-order valence-electron chi connectivity index (χ1n) is 5.98. The van der Waals surface area contributed by atoms with E-state index in [2.05, 4.69) is 0 Å². The third kappa shape index (κ3) is 3.10. The van der Waals surface area contributed by atoms with Crippen LogP contribution in [0.15, 0.2) is 11.4 Å². The lowest BCUT2D eigenvalue weighted by Gasteiger charge is -2.41. The topological polar surface area (TPSA) is 72.7 Å². The number of nitro groups is 1. The highest BCUT2D eigenvalue weighted by Crippen LogP contribution is 2.26.